The molecule has 0 aliphatic heterocycles. The molecule has 1 heterocycles. The van der Waals surface area contributed by atoms with Gasteiger partial charge in [-0.05, 0) is 30.3 Å². The van der Waals surface area contributed by atoms with E-state index in [1.807, 2.05) is 24.3 Å². The molecule has 2 aromatic carbocycles. The number of halogens is 1. The van der Waals surface area contributed by atoms with Crippen LogP contribution in [0.2, 0.25) is 0 Å². The summed E-state index contributed by atoms with van der Waals surface area (Å²) in [7, 11) is 1.59. The van der Waals surface area contributed by atoms with E-state index in [0.717, 1.165) is 11.3 Å². The Kier molecular flexibility index (Phi) is 5.58. The number of para-hydroxylation sites is 1. The lowest BCUT2D eigenvalue weighted by Gasteiger charge is -2.09. The highest BCUT2D eigenvalue weighted by Crippen LogP contribution is 2.18. The van der Waals surface area contributed by atoms with Crippen LogP contribution in [0.4, 0.5) is 4.39 Å². The average molecular weight is 355 g/mol. The van der Waals surface area contributed by atoms with Crippen molar-refractivity contribution in [1.82, 2.24) is 15.5 Å². The van der Waals surface area contributed by atoms with Crippen LogP contribution in [0.3, 0.4) is 0 Å². The van der Waals surface area contributed by atoms with Gasteiger partial charge in [-0.1, -0.05) is 23.4 Å². The second kappa shape index (κ2) is 8.24. The van der Waals surface area contributed by atoms with Crippen molar-refractivity contribution < 1.29 is 18.4 Å². The molecule has 3 aromatic rings. The molecule has 1 N–H and O–H groups in total. The van der Waals surface area contributed by atoms with E-state index in [2.05, 4.69) is 15.5 Å². The standard InChI is InChI=1S/C19H18FN3O3/c1-25-16-5-3-2-4-14(16)12-21-17(24)10-11-18-22-19(23-26-18)13-6-8-15(20)9-7-13/h2-9H,10-12H2,1H3,(H,21,24). The molecule has 1 aromatic heterocycles. The second-order valence-electron chi connectivity index (χ2n) is 5.61. The minimum absolute atomic E-state index is 0.127. The molecule has 0 aliphatic carbocycles. The summed E-state index contributed by atoms with van der Waals surface area (Å²) in [5, 5.41) is 6.69. The van der Waals surface area contributed by atoms with Crippen LogP contribution in [-0.2, 0) is 17.8 Å². The van der Waals surface area contributed by atoms with E-state index in [9.17, 15) is 9.18 Å². The van der Waals surface area contributed by atoms with Gasteiger partial charge in [-0.3, -0.25) is 4.79 Å². The first-order valence-corrected chi connectivity index (χ1v) is 8.13. The molecular formula is C19H18FN3O3. The largest absolute Gasteiger partial charge is 0.496 e. The third kappa shape index (κ3) is 4.44. The van der Waals surface area contributed by atoms with Gasteiger partial charge < -0.3 is 14.6 Å². The van der Waals surface area contributed by atoms with Crippen molar-refractivity contribution in [2.45, 2.75) is 19.4 Å². The summed E-state index contributed by atoms with van der Waals surface area (Å²) in [5.74, 6) is 1.00. The lowest BCUT2D eigenvalue weighted by atomic mass is 10.2. The van der Waals surface area contributed by atoms with Crippen molar-refractivity contribution in [2.24, 2.45) is 0 Å². The van der Waals surface area contributed by atoms with Gasteiger partial charge in [-0.2, -0.15) is 4.98 Å². The lowest BCUT2D eigenvalue weighted by Crippen LogP contribution is -2.23. The normalized spacial score (nSPS) is 10.5. The number of nitrogens with one attached hydrogen (secondary N) is 1. The van der Waals surface area contributed by atoms with Gasteiger partial charge >= 0.3 is 0 Å². The summed E-state index contributed by atoms with van der Waals surface area (Å²) in [6, 6.07) is 13.3. The SMILES string of the molecule is COc1ccccc1CNC(=O)CCc1nc(-c2ccc(F)cc2)no1. The summed E-state index contributed by atoms with van der Waals surface area (Å²) in [6.45, 7) is 0.382. The number of aromatic nitrogens is 2. The highest BCUT2D eigenvalue weighted by molar-refractivity contribution is 5.76. The van der Waals surface area contributed by atoms with E-state index in [4.69, 9.17) is 9.26 Å². The van der Waals surface area contributed by atoms with Crippen LogP contribution < -0.4 is 10.1 Å². The maximum absolute atomic E-state index is 12.9. The number of ether oxygens (including phenoxy) is 1. The van der Waals surface area contributed by atoms with Crippen LogP contribution >= 0.6 is 0 Å². The fourth-order valence-corrected chi connectivity index (χ4v) is 2.42. The summed E-state index contributed by atoms with van der Waals surface area (Å²) in [5.41, 5.74) is 1.56. The topological polar surface area (TPSA) is 77.2 Å². The van der Waals surface area contributed by atoms with Gasteiger partial charge in [0.15, 0.2) is 0 Å². The molecule has 26 heavy (non-hydrogen) atoms. The first-order chi connectivity index (χ1) is 12.7. The van der Waals surface area contributed by atoms with Crippen molar-refractivity contribution in [3.63, 3.8) is 0 Å². The van der Waals surface area contributed by atoms with Crippen molar-refractivity contribution in [3.05, 3.63) is 65.8 Å². The van der Waals surface area contributed by atoms with Gasteiger partial charge in [0.2, 0.25) is 17.6 Å². The first-order valence-electron chi connectivity index (χ1n) is 8.13. The zero-order chi connectivity index (χ0) is 18.4. The van der Waals surface area contributed by atoms with Gasteiger partial charge in [0.25, 0.3) is 0 Å². The number of amides is 1. The highest BCUT2D eigenvalue weighted by Gasteiger charge is 2.11. The van der Waals surface area contributed by atoms with Crippen LogP contribution in [0.1, 0.15) is 17.9 Å². The third-order valence-corrected chi connectivity index (χ3v) is 3.80. The maximum Gasteiger partial charge on any atom is 0.227 e. The summed E-state index contributed by atoms with van der Waals surface area (Å²) in [6.07, 6.45) is 0.548. The third-order valence-electron chi connectivity index (χ3n) is 3.80. The Morgan fingerprint density at radius 1 is 1.19 bits per heavy atom. The van der Waals surface area contributed by atoms with E-state index in [1.165, 1.54) is 12.1 Å². The molecule has 0 atom stereocenters. The van der Waals surface area contributed by atoms with E-state index in [-0.39, 0.29) is 18.1 Å². The number of hydrogen-bond donors (Lipinski definition) is 1. The molecule has 0 saturated heterocycles. The summed E-state index contributed by atoms with van der Waals surface area (Å²) < 4.78 is 23.3. The molecule has 3 rings (SSSR count). The summed E-state index contributed by atoms with van der Waals surface area (Å²) >= 11 is 0. The monoisotopic (exact) mass is 355 g/mol. The minimum Gasteiger partial charge on any atom is -0.496 e. The van der Waals surface area contributed by atoms with E-state index < -0.39 is 0 Å². The van der Waals surface area contributed by atoms with Crippen LogP contribution in [-0.4, -0.2) is 23.2 Å². The zero-order valence-electron chi connectivity index (χ0n) is 14.2. The molecule has 0 bridgehead atoms. The second-order valence-corrected chi connectivity index (χ2v) is 5.61. The van der Waals surface area contributed by atoms with Gasteiger partial charge in [0.1, 0.15) is 11.6 Å². The fraction of sp³-hybridized carbons (Fsp3) is 0.211. The molecule has 0 spiro atoms. The van der Waals surface area contributed by atoms with Crippen molar-refractivity contribution >= 4 is 5.91 Å². The molecule has 0 radical (unpaired) electrons. The molecule has 0 fully saturated rings. The van der Waals surface area contributed by atoms with Gasteiger partial charge in [0, 0.05) is 30.5 Å². The quantitative estimate of drug-likeness (QED) is 0.704. The number of rotatable bonds is 7. The number of hydrogen-bond acceptors (Lipinski definition) is 5. The van der Waals surface area contributed by atoms with E-state index >= 15 is 0 Å². The van der Waals surface area contributed by atoms with E-state index in [0.29, 0.717) is 30.2 Å². The smallest absolute Gasteiger partial charge is 0.227 e. The molecule has 0 aliphatic rings. The number of benzene rings is 2. The number of nitrogens with zero attached hydrogens (tertiary/aromatic N) is 2. The first kappa shape index (κ1) is 17.6. The Balaban J connectivity index is 1.51. The number of aryl methyl sites for hydroxylation is 1. The zero-order valence-corrected chi connectivity index (χ0v) is 14.2. The number of carbonyl (C=O) groups excluding carboxylic acids is 1. The Morgan fingerprint density at radius 2 is 1.96 bits per heavy atom. The van der Waals surface area contributed by atoms with Crippen LogP contribution in [0.5, 0.6) is 5.75 Å². The molecule has 1 amide bonds. The van der Waals surface area contributed by atoms with Gasteiger partial charge in [-0.25, -0.2) is 4.39 Å². The van der Waals surface area contributed by atoms with Crippen LogP contribution in [0.25, 0.3) is 11.4 Å². The Labute approximate surface area is 150 Å². The molecule has 0 unspecified atom stereocenters. The molecule has 7 heteroatoms. The van der Waals surface area contributed by atoms with Gasteiger partial charge in [-0.15, -0.1) is 0 Å². The molecular weight excluding hydrogens is 337 g/mol. The highest BCUT2D eigenvalue weighted by atomic mass is 19.1. The summed E-state index contributed by atoms with van der Waals surface area (Å²) in [4.78, 5) is 16.2. The maximum atomic E-state index is 12.9. The lowest BCUT2D eigenvalue weighted by molar-refractivity contribution is -0.121. The van der Waals surface area contributed by atoms with E-state index in [1.54, 1.807) is 19.2 Å². The fourth-order valence-electron chi connectivity index (χ4n) is 2.42. The van der Waals surface area contributed by atoms with Crippen LogP contribution in [0.15, 0.2) is 53.1 Å². The number of methoxy groups -OCH3 is 1. The average Bonchev–Trinajstić information content (AvgIpc) is 3.14. The predicted octanol–water partition coefficient (Wildman–Crippen LogP) is 3.13. The van der Waals surface area contributed by atoms with Crippen molar-refractivity contribution in [2.75, 3.05) is 7.11 Å². The predicted molar refractivity (Wildman–Crippen MR) is 92.9 cm³/mol. The molecule has 6 nitrogen and oxygen atoms in total. The Hall–Kier alpha value is -3.22. The number of carbonyl (C=O) groups is 1. The Bertz CT molecular complexity index is 878. The molecule has 134 valence electrons. The Morgan fingerprint density at radius 3 is 2.73 bits per heavy atom. The molecule has 0 saturated carbocycles. The minimum atomic E-state index is -0.329. The van der Waals surface area contributed by atoms with Crippen molar-refractivity contribution in [3.8, 4) is 17.1 Å². The van der Waals surface area contributed by atoms with Gasteiger partial charge in [0.05, 0.1) is 7.11 Å². The van der Waals surface area contributed by atoms with Crippen LogP contribution in [0, 0.1) is 5.82 Å². The van der Waals surface area contributed by atoms with Crippen molar-refractivity contribution in [1.29, 1.82) is 0 Å².